The second kappa shape index (κ2) is 15.5. The van der Waals surface area contributed by atoms with Crippen LogP contribution >= 0.6 is 0 Å². The quantitative estimate of drug-likeness (QED) is 0.173. The Morgan fingerprint density at radius 2 is 1.15 bits per heavy atom. The second-order valence-corrected chi connectivity index (χ2v) is 14.0. The molecule has 0 aliphatic rings. The Hall–Kier alpha value is -3.99. The van der Waals surface area contributed by atoms with Crippen LogP contribution in [0.2, 0.25) is 0 Å². The summed E-state index contributed by atoms with van der Waals surface area (Å²) in [7, 11) is 5.26. The number of hydrogen-bond acceptors (Lipinski definition) is 14. The molecule has 0 spiro atoms. The number of aryl methyl sites for hydroxylation is 1. The maximum Gasteiger partial charge on any atom is 0.367 e. The van der Waals surface area contributed by atoms with E-state index in [1.807, 2.05) is 0 Å². The highest BCUT2D eigenvalue weighted by molar-refractivity contribution is 5.79. The third kappa shape index (κ3) is 9.78. The SMILES string of the molecule is COC(Cc1cn(CC(C)(C)C)nn1)(OC)C(=O)OCc1cnc(C)c(O)c1COC(=O)C(Cc1cn(CC(C)(C)C)nn1)(OC)OC. The first-order valence-corrected chi connectivity index (χ1v) is 15.4. The molecule has 48 heavy (non-hydrogen) atoms. The van der Waals surface area contributed by atoms with Crippen LogP contribution in [0, 0.1) is 17.8 Å². The van der Waals surface area contributed by atoms with Gasteiger partial charge < -0.3 is 33.5 Å². The first-order valence-electron chi connectivity index (χ1n) is 15.4. The van der Waals surface area contributed by atoms with Gasteiger partial charge in [0, 0.05) is 71.2 Å². The Kier molecular flexibility index (Phi) is 12.4. The lowest BCUT2D eigenvalue weighted by molar-refractivity contribution is -0.231. The first-order chi connectivity index (χ1) is 22.4. The molecule has 0 saturated carbocycles. The summed E-state index contributed by atoms with van der Waals surface area (Å²) in [4.78, 5) is 31.0. The second-order valence-electron chi connectivity index (χ2n) is 14.0. The number of nitrogens with zero attached hydrogens (tertiary/aromatic N) is 7. The summed E-state index contributed by atoms with van der Waals surface area (Å²) < 4.78 is 36.5. The van der Waals surface area contributed by atoms with E-state index in [1.54, 1.807) is 28.7 Å². The molecule has 0 aromatic carbocycles. The lowest BCUT2D eigenvalue weighted by atomic mass is 9.97. The van der Waals surface area contributed by atoms with Crippen LogP contribution in [0.25, 0.3) is 0 Å². The van der Waals surface area contributed by atoms with Gasteiger partial charge in [-0.25, -0.2) is 9.59 Å². The standard InChI is InChI=1S/C32H49N7O9/c1-21-26(40)25(18-48-28(42)32(45-10,46-11)13-24-16-39(37-35-24)20-30(5,6)7)22(14-33-21)17-47-27(41)31(43-8,44-9)12-23-15-38(36-34-23)19-29(2,3)4/h14-16,40H,12-13,17-20H2,1-11H3. The fourth-order valence-corrected chi connectivity index (χ4v) is 4.85. The Morgan fingerprint density at radius 3 is 1.54 bits per heavy atom. The Bertz CT molecular complexity index is 1530. The number of aromatic nitrogens is 7. The molecule has 3 heterocycles. The average Bonchev–Trinajstić information content (AvgIpc) is 3.64. The molecule has 266 valence electrons. The molecule has 0 aliphatic heterocycles. The summed E-state index contributed by atoms with van der Waals surface area (Å²) in [6, 6.07) is 0. The van der Waals surface area contributed by atoms with Gasteiger partial charge in [-0.1, -0.05) is 52.0 Å². The number of methoxy groups -OCH3 is 4. The third-order valence-corrected chi connectivity index (χ3v) is 7.35. The predicted octanol–water partition coefficient (Wildman–Crippen LogP) is 2.92. The maximum absolute atomic E-state index is 13.4. The van der Waals surface area contributed by atoms with Crippen molar-refractivity contribution in [1.82, 2.24) is 35.0 Å². The van der Waals surface area contributed by atoms with E-state index in [0.717, 1.165) is 0 Å². The van der Waals surface area contributed by atoms with Crippen molar-refractivity contribution in [2.24, 2.45) is 10.8 Å². The van der Waals surface area contributed by atoms with Crippen LogP contribution in [0.3, 0.4) is 0 Å². The molecular weight excluding hydrogens is 626 g/mol. The lowest BCUT2D eigenvalue weighted by Gasteiger charge is -2.28. The average molecular weight is 676 g/mol. The molecule has 1 N–H and O–H groups in total. The minimum Gasteiger partial charge on any atom is -0.506 e. The van der Waals surface area contributed by atoms with Crippen LogP contribution in [-0.2, 0) is 77.2 Å². The molecule has 16 heteroatoms. The van der Waals surface area contributed by atoms with Crippen molar-refractivity contribution in [3.63, 3.8) is 0 Å². The van der Waals surface area contributed by atoms with Crippen LogP contribution in [0.15, 0.2) is 18.6 Å². The monoisotopic (exact) mass is 675 g/mol. The normalized spacial score (nSPS) is 12.7. The van der Waals surface area contributed by atoms with Crippen molar-refractivity contribution in [1.29, 1.82) is 0 Å². The summed E-state index contributed by atoms with van der Waals surface area (Å²) in [6.07, 6.45) is 4.68. The van der Waals surface area contributed by atoms with E-state index in [0.29, 0.717) is 24.5 Å². The van der Waals surface area contributed by atoms with Crippen LogP contribution in [0.1, 0.15) is 69.8 Å². The van der Waals surface area contributed by atoms with Crippen molar-refractivity contribution >= 4 is 11.9 Å². The van der Waals surface area contributed by atoms with E-state index in [2.05, 4.69) is 67.2 Å². The minimum atomic E-state index is -1.85. The lowest BCUT2D eigenvalue weighted by Crippen LogP contribution is -2.46. The molecule has 0 saturated heterocycles. The van der Waals surface area contributed by atoms with Crippen LogP contribution < -0.4 is 0 Å². The van der Waals surface area contributed by atoms with Gasteiger partial charge in [0.1, 0.15) is 19.0 Å². The highest BCUT2D eigenvalue weighted by Gasteiger charge is 2.44. The van der Waals surface area contributed by atoms with Gasteiger partial charge in [-0.3, -0.25) is 14.3 Å². The molecule has 3 rings (SSSR count). The molecular formula is C32H49N7O9. The van der Waals surface area contributed by atoms with Gasteiger partial charge in [-0.05, 0) is 17.8 Å². The van der Waals surface area contributed by atoms with E-state index >= 15 is 0 Å². The summed E-state index contributed by atoms with van der Waals surface area (Å²) in [6.45, 7) is 14.5. The predicted molar refractivity (Wildman–Crippen MR) is 170 cm³/mol. The van der Waals surface area contributed by atoms with Crippen molar-refractivity contribution in [3.8, 4) is 5.75 Å². The van der Waals surface area contributed by atoms with Crippen LogP contribution in [0.4, 0.5) is 0 Å². The zero-order valence-electron chi connectivity index (χ0n) is 29.8. The van der Waals surface area contributed by atoms with Crippen molar-refractivity contribution in [2.45, 2.75) is 99.2 Å². The fourth-order valence-electron chi connectivity index (χ4n) is 4.85. The van der Waals surface area contributed by atoms with Crippen LogP contribution in [-0.4, -0.2) is 92.0 Å². The van der Waals surface area contributed by atoms with Gasteiger partial charge in [0.2, 0.25) is 0 Å². The Balaban J connectivity index is 1.75. The van der Waals surface area contributed by atoms with Gasteiger partial charge in [-0.15, -0.1) is 10.2 Å². The van der Waals surface area contributed by atoms with Gasteiger partial charge >= 0.3 is 11.9 Å². The highest BCUT2D eigenvalue weighted by atomic mass is 16.7. The van der Waals surface area contributed by atoms with Crippen LogP contribution in [0.5, 0.6) is 5.75 Å². The van der Waals surface area contributed by atoms with E-state index in [-0.39, 0.29) is 52.8 Å². The van der Waals surface area contributed by atoms with Gasteiger partial charge in [0.25, 0.3) is 11.6 Å². The molecule has 16 nitrogen and oxygen atoms in total. The zero-order chi connectivity index (χ0) is 35.9. The first kappa shape index (κ1) is 38.5. The number of pyridine rings is 1. The molecule has 0 amide bonds. The van der Waals surface area contributed by atoms with Gasteiger partial charge in [-0.2, -0.15) is 0 Å². The number of carbonyl (C=O) groups excluding carboxylic acids is 2. The summed E-state index contributed by atoms with van der Waals surface area (Å²) in [5.74, 6) is -5.63. The Labute approximate surface area is 281 Å². The van der Waals surface area contributed by atoms with E-state index in [1.165, 1.54) is 34.6 Å². The summed E-state index contributed by atoms with van der Waals surface area (Å²) in [5, 5.41) is 27.5. The topological polar surface area (TPSA) is 184 Å². The molecule has 0 radical (unpaired) electrons. The number of hydrogen-bond donors (Lipinski definition) is 1. The molecule has 0 bridgehead atoms. The summed E-state index contributed by atoms with van der Waals surface area (Å²) in [5.41, 5.74) is 1.56. The molecule has 0 atom stereocenters. The minimum absolute atomic E-state index is 0.0365. The molecule has 0 aliphatic carbocycles. The van der Waals surface area contributed by atoms with Crippen molar-refractivity contribution in [2.75, 3.05) is 28.4 Å². The zero-order valence-corrected chi connectivity index (χ0v) is 29.8. The number of carbonyl (C=O) groups is 2. The maximum atomic E-state index is 13.4. The third-order valence-electron chi connectivity index (χ3n) is 7.35. The Morgan fingerprint density at radius 1 is 0.729 bits per heavy atom. The fraction of sp³-hybridized carbons (Fsp3) is 0.656. The van der Waals surface area contributed by atoms with Gasteiger partial charge in [0.15, 0.2) is 0 Å². The van der Waals surface area contributed by atoms with E-state index in [9.17, 15) is 14.7 Å². The van der Waals surface area contributed by atoms with E-state index in [4.69, 9.17) is 28.4 Å². The van der Waals surface area contributed by atoms with E-state index < -0.39 is 30.1 Å². The number of ether oxygens (including phenoxy) is 6. The number of rotatable bonds is 16. The van der Waals surface area contributed by atoms with Crippen molar-refractivity contribution in [3.05, 3.63) is 46.8 Å². The molecule has 0 unspecified atom stereocenters. The smallest absolute Gasteiger partial charge is 0.367 e. The van der Waals surface area contributed by atoms with Gasteiger partial charge in [0.05, 0.1) is 29.9 Å². The number of aromatic hydroxyl groups is 1. The molecule has 3 aromatic rings. The largest absolute Gasteiger partial charge is 0.506 e. The van der Waals surface area contributed by atoms with Crippen molar-refractivity contribution < 1.29 is 43.1 Å². The number of esters is 2. The summed E-state index contributed by atoms with van der Waals surface area (Å²) >= 11 is 0. The highest BCUT2D eigenvalue weighted by Crippen LogP contribution is 2.29. The molecule has 3 aromatic heterocycles. The molecule has 0 fully saturated rings.